The van der Waals surface area contributed by atoms with E-state index in [1.807, 2.05) is 0 Å². The highest BCUT2D eigenvalue weighted by molar-refractivity contribution is 5.79. The molecule has 0 saturated carbocycles. The van der Waals surface area contributed by atoms with Crippen LogP contribution >= 0.6 is 0 Å². The average molecular weight is 183 g/mol. The maximum absolute atomic E-state index is 11.5. The lowest BCUT2D eigenvalue weighted by molar-refractivity contribution is -0.130. The zero-order chi connectivity index (χ0) is 9.10. The van der Waals surface area contributed by atoms with Gasteiger partial charge in [0.2, 0.25) is 5.91 Å². The van der Waals surface area contributed by atoms with Crippen molar-refractivity contribution in [3.63, 3.8) is 0 Å². The van der Waals surface area contributed by atoms with Gasteiger partial charge in [-0.05, 0) is 31.6 Å². The van der Waals surface area contributed by atoms with Crippen molar-refractivity contribution in [2.45, 2.75) is 25.7 Å². The van der Waals surface area contributed by atoms with Crippen molar-refractivity contribution in [2.75, 3.05) is 19.8 Å². The van der Waals surface area contributed by atoms with Gasteiger partial charge in [-0.2, -0.15) is 0 Å². The van der Waals surface area contributed by atoms with Crippen LogP contribution in [0.1, 0.15) is 25.7 Å². The van der Waals surface area contributed by atoms with Gasteiger partial charge in [0.15, 0.2) is 0 Å². The van der Waals surface area contributed by atoms with E-state index in [0.29, 0.717) is 5.92 Å². The third kappa shape index (κ3) is 2.02. The lowest BCUT2D eigenvalue weighted by Crippen LogP contribution is -2.42. The Bertz CT molecular complexity index is 187. The van der Waals surface area contributed by atoms with Crippen molar-refractivity contribution in [1.29, 1.82) is 0 Å². The van der Waals surface area contributed by atoms with Crippen molar-refractivity contribution in [3.05, 3.63) is 0 Å². The average Bonchev–Trinajstić information content (AvgIpc) is 2.20. The van der Waals surface area contributed by atoms with Gasteiger partial charge in [-0.15, -0.1) is 0 Å². The zero-order valence-electron chi connectivity index (χ0n) is 7.92. The second-order valence-electron chi connectivity index (χ2n) is 4.02. The fourth-order valence-corrected chi connectivity index (χ4v) is 2.33. The molecule has 0 aromatic carbocycles. The molecule has 74 valence electrons. The molecule has 0 spiro atoms. The molecule has 2 fully saturated rings. The molecule has 0 bridgehead atoms. The lowest BCUT2D eigenvalue weighted by Gasteiger charge is -2.31. The molecule has 0 aliphatic carbocycles. The number of carbonyl (C=O) groups is 1. The Hall–Kier alpha value is -0.570. The van der Waals surface area contributed by atoms with E-state index in [1.54, 1.807) is 0 Å². The topological polar surface area (TPSA) is 38.3 Å². The van der Waals surface area contributed by atoms with Crippen LogP contribution in [0.3, 0.4) is 0 Å². The lowest BCUT2D eigenvalue weighted by atomic mass is 9.82. The fraction of sp³-hybridized carbons (Fsp3) is 0.900. The third-order valence-corrected chi connectivity index (χ3v) is 3.09. The van der Waals surface area contributed by atoms with E-state index < -0.39 is 0 Å². The summed E-state index contributed by atoms with van der Waals surface area (Å²) in [6, 6.07) is 0. The Labute approximate surface area is 78.8 Å². The molecule has 0 radical (unpaired) electrons. The number of rotatable bonds is 1. The SMILES string of the molecule is O=C1NCCCC1C1CCCOC1. The molecule has 1 N–H and O–H groups in total. The van der Waals surface area contributed by atoms with Crippen LogP contribution in [0, 0.1) is 11.8 Å². The van der Waals surface area contributed by atoms with Crippen LogP contribution in [-0.4, -0.2) is 25.7 Å². The number of carbonyl (C=O) groups excluding carboxylic acids is 1. The standard InChI is InChI=1S/C10H17NO2/c12-10-9(4-1-5-11-10)8-3-2-6-13-7-8/h8-9H,1-7H2,(H,11,12). The van der Waals surface area contributed by atoms with Crippen LogP contribution in [0.4, 0.5) is 0 Å². The predicted octanol–water partition coefficient (Wildman–Crippen LogP) is 0.939. The summed E-state index contributed by atoms with van der Waals surface area (Å²) in [5.41, 5.74) is 0. The molecule has 0 aromatic rings. The third-order valence-electron chi connectivity index (χ3n) is 3.09. The number of ether oxygens (including phenoxy) is 1. The van der Waals surface area contributed by atoms with Crippen LogP contribution < -0.4 is 5.32 Å². The highest BCUT2D eigenvalue weighted by Gasteiger charge is 2.31. The zero-order valence-corrected chi connectivity index (χ0v) is 7.92. The molecule has 3 nitrogen and oxygen atoms in total. The summed E-state index contributed by atoms with van der Waals surface area (Å²) in [7, 11) is 0. The van der Waals surface area contributed by atoms with Crippen molar-refractivity contribution < 1.29 is 9.53 Å². The van der Waals surface area contributed by atoms with Crippen LogP contribution in [0.5, 0.6) is 0 Å². The van der Waals surface area contributed by atoms with E-state index in [9.17, 15) is 4.79 Å². The van der Waals surface area contributed by atoms with Gasteiger partial charge in [-0.1, -0.05) is 0 Å². The first-order chi connectivity index (χ1) is 6.38. The van der Waals surface area contributed by atoms with Crippen molar-refractivity contribution in [1.82, 2.24) is 5.32 Å². The largest absolute Gasteiger partial charge is 0.381 e. The Balaban J connectivity index is 1.92. The van der Waals surface area contributed by atoms with Crippen LogP contribution in [0.15, 0.2) is 0 Å². The van der Waals surface area contributed by atoms with Gasteiger partial charge in [0.25, 0.3) is 0 Å². The molecule has 2 aliphatic rings. The molecule has 2 aliphatic heterocycles. The summed E-state index contributed by atoms with van der Waals surface area (Å²) < 4.78 is 5.40. The minimum atomic E-state index is 0.231. The monoisotopic (exact) mass is 183 g/mol. The van der Waals surface area contributed by atoms with E-state index in [2.05, 4.69) is 5.32 Å². The van der Waals surface area contributed by atoms with Gasteiger partial charge in [0.1, 0.15) is 0 Å². The van der Waals surface area contributed by atoms with Gasteiger partial charge >= 0.3 is 0 Å². The van der Waals surface area contributed by atoms with Gasteiger partial charge in [-0.3, -0.25) is 4.79 Å². The molecule has 3 heteroatoms. The first-order valence-corrected chi connectivity index (χ1v) is 5.23. The van der Waals surface area contributed by atoms with Crippen LogP contribution in [0.2, 0.25) is 0 Å². The molecular formula is C10H17NO2. The van der Waals surface area contributed by atoms with E-state index in [0.717, 1.165) is 45.4 Å². The van der Waals surface area contributed by atoms with Gasteiger partial charge < -0.3 is 10.1 Å². The normalized spacial score (nSPS) is 35.5. The Morgan fingerprint density at radius 3 is 2.92 bits per heavy atom. The second-order valence-corrected chi connectivity index (χ2v) is 4.02. The summed E-state index contributed by atoms with van der Waals surface area (Å²) >= 11 is 0. The quantitative estimate of drug-likeness (QED) is 0.657. The van der Waals surface area contributed by atoms with Crippen molar-refractivity contribution in [3.8, 4) is 0 Å². The fourth-order valence-electron chi connectivity index (χ4n) is 2.33. The minimum absolute atomic E-state index is 0.231. The molecule has 2 saturated heterocycles. The number of hydrogen-bond donors (Lipinski definition) is 1. The Morgan fingerprint density at radius 1 is 1.31 bits per heavy atom. The van der Waals surface area contributed by atoms with Crippen molar-refractivity contribution in [2.24, 2.45) is 11.8 Å². The molecule has 1 amide bonds. The first-order valence-electron chi connectivity index (χ1n) is 5.23. The summed E-state index contributed by atoms with van der Waals surface area (Å²) in [5, 5.41) is 2.93. The molecule has 2 atom stereocenters. The molecule has 2 heterocycles. The van der Waals surface area contributed by atoms with Crippen LogP contribution in [-0.2, 0) is 9.53 Å². The maximum Gasteiger partial charge on any atom is 0.223 e. The molecular weight excluding hydrogens is 166 g/mol. The Kier molecular flexibility index (Phi) is 2.83. The summed E-state index contributed by atoms with van der Waals surface area (Å²) in [6.07, 6.45) is 4.47. The molecule has 13 heavy (non-hydrogen) atoms. The minimum Gasteiger partial charge on any atom is -0.381 e. The van der Waals surface area contributed by atoms with E-state index >= 15 is 0 Å². The number of piperidine rings is 1. The van der Waals surface area contributed by atoms with Gasteiger partial charge in [-0.25, -0.2) is 0 Å². The molecule has 2 unspecified atom stereocenters. The number of nitrogens with one attached hydrogen (secondary N) is 1. The summed E-state index contributed by atoms with van der Waals surface area (Å²) in [5.74, 6) is 0.963. The number of hydrogen-bond acceptors (Lipinski definition) is 2. The van der Waals surface area contributed by atoms with E-state index in [1.165, 1.54) is 0 Å². The smallest absolute Gasteiger partial charge is 0.223 e. The Morgan fingerprint density at radius 2 is 2.23 bits per heavy atom. The summed E-state index contributed by atoms with van der Waals surface area (Å²) in [4.78, 5) is 11.5. The van der Waals surface area contributed by atoms with Gasteiger partial charge in [0.05, 0.1) is 6.61 Å². The molecule has 0 aromatic heterocycles. The summed E-state index contributed by atoms with van der Waals surface area (Å²) in [6.45, 7) is 2.53. The number of amides is 1. The predicted molar refractivity (Wildman–Crippen MR) is 49.3 cm³/mol. The van der Waals surface area contributed by atoms with Crippen LogP contribution in [0.25, 0.3) is 0 Å². The van der Waals surface area contributed by atoms with E-state index in [4.69, 9.17) is 4.74 Å². The first kappa shape index (κ1) is 9.00. The van der Waals surface area contributed by atoms with Crippen molar-refractivity contribution >= 4 is 5.91 Å². The maximum atomic E-state index is 11.5. The molecule has 2 rings (SSSR count). The highest BCUT2D eigenvalue weighted by Crippen LogP contribution is 2.27. The van der Waals surface area contributed by atoms with Gasteiger partial charge in [0, 0.05) is 19.1 Å². The second kappa shape index (κ2) is 4.09. The highest BCUT2D eigenvalue weighted by atomic mass is 16.5. The van der Waals surface area contributed by atoms with E-state index in [-0.39, 0.29) is 11.8 Å².